The van der Waals surface area contributed by atoms with Gasteiger partial charge in [0, 0.05) is 28.5 Å². The Morgan fingerprint density at radius 2 is 1.53 bits per heavy atom. The molecule has 1 fully saturated rings. The number of anilines is 2. The lowest BCUT2D eigenvalue weighted by molar-refractivity contribution is -0.384. The maximum atomic E-state index is 13.9. The molecule has 12 heteroatoms. The third kappa shape index (κ3) is 6.05. The van der Waals surface area contributed by atoms with Gasteiger partial charge in [0.15, 0.2) is 0 Å². The fourth-order valence-corrected chi connectivity index (χ4v) is 5.52. The number of ketones is 1. The topological polar surface area (TPSA) is 153 Å². The van der Waals surface area contributed by atoms with E-state index in [4.69, 9.17) is 16.7 Å². The predicted octanol–water partition coefficient (Wildman–Crippen LogP) is 5.64. The highest BCUT2D eigenvalue weighted by atomic mass is 35.5. The fourth-order valence-electron chi connectivity index (χ4n) is 4.88. The summed E-state index contributed by atoms with van der Waals surface area (Å²) in [5.74, 6) is -1.67. The number of carbonyl (C=O) groups is 2. The highest BCUT2D eigenvalue weighted by molar-refractivity contribution is 7.89. The Kier molecular flexibility index (Phi) is 8.14. The largest absolute Gasteiger partial charge is 0.355 e. The highest BCUT2D eigenvalue weighted by Gasteiger charge is 2.47. The van der Waals surface area contributed by atoms with Crippen LogP contribution in [0.15, 0.2) is 108 Å². The Bertz CT molecular complexity index is 1860. The van der Waals surface area contributed by atoms with E-state index in [9.17, 15) is 28.1 Å². The summed E-state index contributed by atoms with van der Waals surface area (Å²) in [5, 5.41) is 20.4. The van der Waals surface area contributed by atoms with Crippen LogP contribution in [-0.4, -0.2) is 25.0 Å². The average molecular weight is 617 g/mol. The van der Waals surface area contributed by atoms with Crippen molar-refractivity contribution >= 4 is 56.1 Å². The van der Waals surface area contributed by atoms with E-state index in [0.717, 1.165) is 12.0 Å². The minimum Gasteiger partial charge on any atom is -0.355 e. The molecular formula is C31H25ClN4O6S. The lowest BCUT2D eigenvalue weighted by atomic mass is 9.93. The summed E-state index contributed by atoms with van der Waals surface area (Å²) in [4.78, 5) is 39.5. The van der Waals surface area contributed by atoms with Gasteiger partial charge in [0.2, 0.25) is 10.0 Å². The van der Waals surface area contributed by atoms with Crippen LogP contribution in [0.4, 0.5) is 17.1 Å². The van der Waals surface area contributed by atoms with E-state index in [-0.39, 0.29) is 21.8 Å². The van der Waals surface area contributed by atoms with Crippen molar-refractivity contribution < 1.29 is 22.9 Å². The maximum Gasteiger partial charge on any atom is 0.300 e. The van der Waals surface area contributed by atoms with Gasteiger partial charge in [-0.25, -0.2) is 13.6 Å². The number of nitrogens with one attached hydrogen (secondary N) is 1. The van der Waals surface area contributed by atoms with E-state index in [1.807, 2.05) is 31.2 Å². The summed E-state index contributed by atoms with van der Waals surface area (Å²) in [6.07, 6.45) is 0.833. The van der Waals surface area contributed by atoms with E-state index >= 15 is 0 Å². The molecule has 0 aliphatic carbocycles. The second kappa shape index (κ2) is 11.8. The number of aryl methyl sites for hydroxylation is 1. The molecule has 1 saturated heterocycles. The van der Waals surface area contributed by atoms with Crippen LogP contribution in [0, 0.1) is 10.1 Å². The number of hydrogen-bond donors (Lipinski definition) is 2. The molecular weight excluding hydrogens is 592 g/mol. The van der Waals surface area contributed by atoms with E-state index in [2.05, 4.69) is 5.32 Å². The monoisotopic (exact) mass is 616 g/mol. The Labute approximate surface area is 252 Å². The molecule has 1 aliphatic rings. The standard InChI is InChI=1S/C31H25ClN4O6S/c1-2-19-3-11-23(12-4-19)34-28(20-5-9-22(32)10-6-20)27-29(21-7-13-25(14-8-21)36(39)40)35(31(38)30(27)37)24-15-17-26(18-16-24)43(33,41)42/h3-18,29,34H,2H2,1H3,(H2,33,41,42). The summed E-state index contributed by atoms with van der Waals surface area (Å²) in [6.45, 7) is 2.03. The van der Waals surface area contributed by atoms with Gasteiger partial charge in [0.05, 0.1) is 27.1 Å². The average Bonchev–Trinajstić information content (AvgIpc) is 3.26. The molecule has 5 rings (SSSR count). The number of carbonyl (C=O) groups excluding carboxylic acids is 2. The first-order chi connectivity index (χ1) is 20.5. The molecule has 0 spiro atoms. The van der Waals surface area contributed by atoms with Crippen molar-refractivity contribution in [1.82, 2.24) is 0 Å². The van der Waals surface area contributed by atoms with Gasteiger partial charge in [-0.15, -0.1) is 0 Å². The minimum absolute atomic E-state index is 0.0938. The van der Waals surface area contributed by atoms with Crippen LogP contribution < -0.4 is 15.4 Å². The lowest BCUT2D eigenvalue weighted by Gasteiger charge is -2.26. The highest BCUT2D eigenvalue weighted by Crippen LogP contribution is 2.43. The van der Waals surface area contributed by atoms with Crippen LogP contribution in [0.3, 0.4) is 0 Å². The van der Waals surface area contributed by atoms with Crippen LogP contribution in [0.1, 0.15) is 29.7 Å². The number of Topliss-reactive ketones (excluding diaryl/α,β-unsaturated/α-hetero) is 1. The number of nitrogens with two attached hydrogens (primary N) is 1. The zero-order valence-corrected chi connectivity index (χ0v) is 24.3. The smallest absolute Gasteiger partial charge is 0.300 e. The van der Waals surface area contributed by atoms with Gasteiger partial charge in [-0.1, -0.05) is 42.8 Å². The maximum absolute atomic E-state index is 13.9. The van der Waals surface area contributed by atoms with Crippen LogP contribution in [0.5, 0.6) is 0 Å². The van der Waals surface area contributed by atoms with Gasteiger partial charge in [-0.3, -0.25) is 24.6 Å². The van der Waals surface area contributed by atoms with Gasteiger partial charge in [-0.05, 0) is 83.8 Å². The second-order valence-electron chi connectivity index (χ2n) is 9.77. The Balaban J connectivity index is 1.75. The molecule has 1 aliphatic heterocycles. The molecule has 0 bridgehead atoms. The van der Waals surface area contributed by atoms with Gasteiger partial charge < -0.3 is 5.32 Å². The van der Waals surface area contributed by atoms with Crippen LogP contribution >= 0.6 is 11.6 Å². The summed E-state index contributed by atoms with van der Waals surface area (Å²) in [6, 6.07) is 24.1. The molecule has 1 heterocycles. The first kappa shape index (κ1) is 29.6. The van der Waals surface area contributed by atoms with Crippen LogP contribution in [-0.2, 0) is 26.0 Å². The Hall–Kier alpha value is -4.84. The number of halogens is 1. The Morgan fingerprint density at radius 1 is 0.930 bits per heavy atom. The quantitative estimate of drug-likeness (QED) is 0.112. The van der Waals surface area contributed by atoms with Crippen molar-refractivity contribution in [2.75, 3.05) is 10.2 Å². The number of nitro groups is 1. The number of rotatable bonds is 8. The zero-order chi connectivity index (χ0) is 30.9. The van der Waals surface area contributed by atoms with Gasteiger partial charge in [0.1, 0.15) is 0 Å². The third-order valence-electron chi connectivity index (χ3n) is 7.09. The first-order valence-electron chi connectivity index (χ1n) is 13.1. The SMILES string of the molecule is CCc1ccc(NC(=C2C(=O)C(=O)N(c3ccc(S(N)(=O)=O)cc3)C2c2ccc([N+](=O)[O-])cc2)c2ccc(Cl)cc2)cc1. The van der Waals surface area contributed by atoms with Gasteiger partial charge in [-0.2, -0.15) is 0 Å². The fraction of sp³-hybridized carbons (Fsp3) is 0.0968. The van der Waals surface area contributed by atoms with Gasteiger partial charge in [0.25, 0.3) is 17.4 Å². The van der Waals surface area contributed by atoms with Crippen LogP contribution in [0.2, 0.25) is 5.02 Å². The van der Waals surface area contributed by atoms with E-state index in [1.54, 1.807) is 24.3 Å². The lowest BCUT2D eigenvalue weighted by Crippen LogP contribution is -2.29. The van der Waals surface area contributed by atoms with E-state index in [0.29, 0.717) is 27.5 Å². The Morgan fingerprint density at radius 3 is 2.07 bits per heavy atom. The van der Waals surface area contributed by atoms with Crippen molar-refractivity contribution in [3.8, 4) is 0 Å². The summed E-state index contributed by atoms with van der Waals surface area (Å²) < 4.78 is 23.7. The molecule has 0 aromatic heterocycles. The molecule has 1 amide bonds. The molecule has 4 aromatic carbocycles. The van der Waals surface area contributed by atoms with Crippen molar-refractivity contribution in [2.24, 2.45) is 5.14 Å². The van der Waals surface area contributed by atoms with Crippen molar-refractivity contribution in [3.05, 3.63) is 134 Å². The first-order valence-corrected chi connectivity index (χ1v) is 15.0. The van der Waals surface area contributed by atoms with Crippen molar-refractivity contribution in [2.45, 2.75) is 24.3 Å². The molecule has 10 nitrogen and oxygen atoms in total. The molecule has 0 saturated carbocycles. The number of nitro benzene ring substituents is 1. The molecule has 218 valence electrons. The molecule has 3 N–H and O–H groups in total. The van der Waals surface area contributed by atoms with Crippen molar-refractivity contribution in [3.63, 3.8) is 0 Å². The molecule has 43 heavy (non-hydrogen) atoms. The summed E-state index contributed by atoms with van der Waals surface area (Å²) >= 11 is 6.16. The van der Waals surface area contributed by atoms with Crippen LogP contribution in [0.25, 0.3) is 5.70 Å². The molecule has 1 unspecified atom stereocenters. The van der Waals surface area contributed by atoms with Gasteiger partial charge >= 0.3 is 0 Å². The summed E-state index contributed by atoms with van der Waals surface area (Å²) in [5.41, 5.74) is 3.25. The number of nitrogens with zero attached hydrogens (tertiary/aromatic N) is 2. The number of amides is 1. The summed E-state index contributed by atoms with van der Waals surface area (Å²) in [7, 11) is -4.01. The molecule has 4 aromatic rings. The third-order valence-corrected chi connectivity index (χ3v) is 8.27. The van der Waals surface area contributed by atoms with Crippen molar-refractivity contribution in [1.29, 1.82) is 0 Å². The minimum atomic E-state index is -4.01. The number of sulfonamides is 1. The predicted molar refractivity (Wildman–Crippen MR) is 164 cm³/mol. The number of hydrogen-bond acceptors (Lipinski definition) is 7. The molecule has 0 radical (unpaired) electrons. The number of primary sulfonamides is 1. The number of benzene rings is 4. The van der Waals surface area contributed by atoms with E-state index in [1.165, 1.54) is 53.4 Å². The molecule has 1 atom stereocenters. The second-order valence-corrected chi connectivity index (χ2v) is 11.8. The number of non-ortho nitro benzene ring substituents is 1. The van der Waals surface area contributed by atoms with E-state index < -0.39 is 32.7 Å². The normalized spacial score (nSPS) is 16.3. The zero-order valence-electron chi connectivity index (χ0n) is 22.7.